The van der Waals surface area contributed by atoms with E-state index in [1.165, 1.54) is 23.2 Å². The van der Waals surface area contributed by atoms with Crippen molar-refractivity contribution in [2.45, 2.75) is 0 Å². The first kappa shape index (κ1) is 37.6. The van der Waals surface area contributed by atoms with E-state index >= 15 is 0 Å². The Morgan fingerprint density at radius 2 is 1.00 bits per heavy atom. The molecule has 0 N–H and O–H groups in total. The fourth-order valence-corrected chi connectivity index (χ4v) is 1.52. The first-order valence-electron chi connectivity index (χ1n) is 6.71. The number of thioether (sulfide) groups is 1. The van der Waals surface area contributed by atoms with Crippen LogP contribution in [0, 0.1) is 89.9 Å². The van der Waals surface area contributed by atoms with Crippen LogP contribution in [0.4, 0.5) is 0 Å². The molecule has 1 aromatic carbocycles. The van der Waals surface area contributed by atoms with E-state index in [0.29, 0.717) is 0 Å². The van der Waals surface area contributed by atoms with Gasteiger partial charge in [0.05, 0.1) is 0 Å². The van der Waals surface area contributed by atoms with Gasteiger partial charge >= 0.3 is 51.0 Å². The summed E-state index contributed by atoms with van der Waals surface area (Å²) in [6, 6.07) is 10.4. The Morgan fingerprint density at radius 1 is 0.704 bits per heavy atom. The largest absolute Gasteiger partial charge is 2.00 e. The van der Waals surface area contributed by atoms with E-state index in [0.717, 1.165) is 0 Å². The molecule has 1 aromatic rings. The van der Waals surface area contributed by atoms with Gasteiger partial charge in [0.15, 0.2) is 0 Å². The molecular weight excluding hydrogens is 444 g/mol. The molecule has 0 unspecified atom stereocenters. The van der Waals surface area contributed by atoms with E-state index in [1.807, 2.05) is 44.4 Å². The smallest absolute Gasteiger partial charge is 0.357 e. The predicted molar refractivity (Wildman–Crippen MR) is 98.1 cm³/mol. The van der Waals surface area contributed by atoms with Crippen LogP contribution in [0.2, 0.25) is 0 Å². The second-order valence-corrected chi connectivity index (χ2v) is 4.37. The Morgan fingerprint density at radius 3 is 1.30 bits per heavy atom. The van der Waals surface area contributed by atoms with Crippen LogP contribution in [-0.4, -0.2) is 6.26 Å². The number of hydrogen-bond acceptors (Lipinski definition) is 1. The van der Waals surface area contributed by atoms with Crippen LogP contribution in [0.3, 0.4) is 0 Å². The third-order valence-corrected chi connectivity index (χ3v) is 2.33. The van der Waals surface area contributed by atoms with Crippen molar-refractivity contribution in [3.63, 3.8) is 0 Å². The minimum absolute atomic E-state index is 0. The third-order valence-electron chi connectivity index (χ3n) is 2.33. The van der Waals surface area contributed by atoms with Crippen molar-refractivity contribution >= 4 is 11.8 Å². The summed E-state index contributed by atoms with van der Waals surface area (Å²) in [4.78, 5) is 0. The van der Waals surface area contributed by atoms with Crippen molar-refractivity contribution in [2.24, 2.45) is 0 Å². The Hall–Kier alpha value is -0.171. The summed E-state index contributed by atoms with van der Waals surface area (Å²) in [5.41, 5.74) is 1.29. The average molecular weight is 463 g/mol. The van der Waals surface area contributed by atoms with E-state index < -0.39 is 0 Å². The minimum atomic E-state index is 0. The maximum Gasteiger partial charge on any atom is 2.00 e. The first-order chi connectivity index (χ1) is 12.4. The molecule has 0 saturated heterocycles. The van der Waals surface area contributed by atoms with Gasteiger partial charge in [-0.1, -0.05) is 30.3 Å². The second kappa shape index (κ2) is 36.7. The zero-order valence-electron chi connectivity index (χ0n) is 14.6. The standard InChI is InChI=1S/C11H9.C5H5.C2H5S.3CO.2Fe/c1-2-6-10(7-3-1)11-8-4-5-9-11;1-2-4-5-3-1;1-3-2;3*1-2;;/h1-9H;1-5H;1H2,2H3;;;;;/q;;-1;;;;;+2. The fraction of sp³-hybridized carbons (Fsp3) is 0.0476. The quantitative estimate of drug-likeness (QED) is 0.344. The Labute approximate surface area is 191 Å². The molecule has 0 aliphatic heterocycles. The fourth-order valence-electron chi connectivity index (χ4n) is 1.52. The van der Waals surface area contributed by atoms with Gasteiger partial charge in [0.2, 0.25) is 0 Å². The van der Waals surface area contributed by atoms with Gasteiger partial charge in [0, 0.05) is 23.0 Å². The van der Waals surface area contributed by atoms with Gasteiger partial charge < -0.3 is 11.8 Å². The molecule has 0 aromatic heterocycles. The average Bonchev–Trinajstić information content (AvgIpc) is 3.45. The normalized spacial score (nSPS) is 13.0. The van der Waals surface area contributed by atoms with Crippen LogP contribution in [0.25, 0.3) is 0 Å². The zero-order valence-corrected chi connectivity index (χ0v) is 17.7. The van der Waals surface area contributed by atoms with Gasteiger partial charge in [-0.15, -0.1) is 0 Å². The van der Waals surface area contributed by atoms with Crippen LogP contribution in [0.1, 0.15) is 5.56 Å². The van der Waals surface area contributed by atoms with Crippen LogP contribution in [0.5, 0.6) is 0 Å². The van der Waals surface area contributed by atoms with E-state index in [2.05, 4.69) is 76.2 Å². The summed E-state index contributed by atoms with van der Waals surface area (Å²) in [7, 11) is 0. The molecule has 2 fully saturated rings. The molecular formula is C21H19Fe2O3S+. The maximum atomic E-state index is 7.50. The molecule has 3 rings (SSSR count). The maximum absolute atomic E-state index is 7.50. The molecule has 0 atom stereocenters. The minimum Gasteiger partial charge on any atom is -0.357 e. The molecule has 27 heavy (non-hydrogen) atoms. The Bertz CT molecular complexity index is 391. The van der Waals surface area contributed by atoms with Crippen molar-refractivity contribution in [1.82, 2.24) is 0 Å². The molecule has 10 radical (unpaired) electrons. The van der Waals surface area contributed by atoms with Crippen LogP contribution >= 0.6 is 11.8 Å². The molecule has 3 nitrogen and oxygen atoms in total. The molecule has 142 valence electrons. The summed E-state index contributed by atoms with van der Waals surface area (Å²) in [6.45, 7) is 13.5. The molecule has 2 aliphatic rings. The van der Waals surface area contributed by atoms with Crippen LogP contribution < -0.4 is 0 Å². The molecule has 0 amide bonds. The predicted octanol–water partition coefficient (Wildman–Crippen LogP) is 4.48. The summed E-state index contributed by atoms with van der Waals surface area (Å²) >= 11 is 1.50. The summed E-state index contributed by atoms with van der Waals surface area (Å²) in [6.07, 6.45) is 23.7. The van der Waals surface area contributed by atoms with Gasteiger partial charge in [-0.05, 0) is 69.6 Å². The monoisotopic (exact) mass is 463 g/mol. The van der Waals surface area contributed by atoms with Crippen LogP contribution in [0.15, 0.2) is 30.3 Å². The van der Waals surface area contributed by atoms with Gasteiger partial charge in [-0.2, -0.15) is 0 Å². The molecule has 0 spiro atoms. The molecule has 2 aliphatic carbocycles. The zero-order chi connectivity index (χ0) is 19.8. The van der Waals surface area contributed by atoms with Crippen molar-refractivity contribution < 1.29 is 48.1 Å². The number of hydrogen-bond donors (Lipinski definition) is 0. The Kier molecular flexibility index (Phi) is 51.1. The summed E-state index contributed by atoms with van der Waals surface area (Å²) < 4.78 is 22.5. The first-order valence-corrected chi connectivity index (χ1v) is 8.11. The van der Waals surface area contributed by atoms with Gasteiger partial charge in [0.1, 0.15) is 0 Å². The SMILES string of the molecule is [C-]#[O+].[C-]#[O+].[C-]#[O+].[CH2-]SC.[CH]1[CH][CH][CH][CH]1.[CH]1[CH][CH][C](c2ccccc2)[CH]1.[Fe+2].[Fe]. The molecule has 2 saturated carbocycles. The van der Waals surface area contributed by atoms with Crippen LogP contribution in [-0.2, 0) is 48.1 Å². The second-order valence-electron chi connectivity index (χ2n) is 3.79. The van der Waals surface area contributed by atoms with Crippen molar-refractivity contribution in [2.75, 3.05) is 6.26 Å². The summed E-state index contributed by atoms with van der Waals surface area (Å²) in [5, 5.41) is 0. The van der Waals surface area contributed by atoms with Crippen molar-refractivity contribution in [1.29, 1.82) is 0 Å². The van der Waals surface area contributed by atoms with Crippen molar-refractivity contribution in [3.8, 4) is 0 Å². The molecule has 0 bridgehead atoms. The summed E-state index contributed by atoms with van der Waals surface area (Å²) in [5.74, 6) is 1.30. The van der Waals surface area contributed by atoms with E-state index in [4.69, 9.17) is 14.0 Å². The Balaban J connectivity index is -0.0000000866. The van der Waals surface area contributed by atoms with Crippen molar-refractivity contribution in [3.05, 3.63) is 126 Å². The van der Waals surface area contributed by atoms with E-state index in [9.17, 15) is 0 Å². The third kappa shape index (κ3) is 25.8. The van der Waals surface area contributed by atoms with Gasteiger partial charge in [-0.3, -0.25) is 6.26 Å². The van der Waals surface area contributed by atoms with E-state index in [-0.39, 0.29) is 34.1 Å². The molecule has 6 heteroatoms. The van der Waals surface area contributed by atoms with Gasteiger partial charge in [-0.25, -0.2) is 0 Å². The molecule has 0 heterocycles. The van der Waals surface area contributed by atoms with E-state index in [1.54, 1.807) is 0 Å². The topological polar surface area (TPSA) is 59.7 Å². The number of benzene rings is 1. The number of rotatable bonds is 1. The van der Waals surface area contributed by atoms with Gasteiger partial charge in [0.25, 0.3) is 0 Å².